The average molecular weight is 533 g/mol. The summed E-state index contributed by atoms with van der Waals surface area (Å²) in [5.41, 5.74) is -2.64. The van der Waals surface area contributed by atoms with Gasteiger partial charge in [-0.1, -0.05) is 6.58 Å². The first kappa shape index (κ1) is 31.3. The van der Waals surface area contributed by atoms with E-state index in [1.807, 2.05) is 0 Å². The Balaban J connectivity index is 6.86. The SMILES string of the molecule is C=C(N(CC)C(C)O)C(F)(F)C(F)(F)C(F)(F)C(F)(F)C(F)(F)C(F)(F)C(F)(F)C(F)(F)F. The van der Waals surface area contributed by atoms with Crippen molar-refractivity contribution in [1.82, 2.24) is 4.90 Å². The highest BCUT2D eigenvalue weighted by Gasteiger charge is 2.95. The first-order chi connectivity index (χ1) is 14.1. The molecule has 0 radical (unpaired) electrons. The van der Waals surface area contributed by atoms with Crippen LogP contribution in [-0.2, 0) is 0 Å². The van der Waals surface area contributed by atoms with Gasteiger partial charge in [0.15, 0.2) is 0 Å². The molecule has 0 saturated carbocycles. The number of aliphatic hydroxyl groups is 1. The first-order valence-corrected chi connectivity index (χ1v) is 7.91. The van der Waals surface area contributed by atoms with Gasteiger partial charge in [0.25, 0.3) is 0 Å². The smallest absolute Gasteiger partial charge is 0.374 e. The zero-order valence-electron chi connectivity index (χ0n) is 15.8. The highest BCUT2D eigenvalue weighted by molar-refractivity contribution is 5.21. The first-order valence-electron chi connectivity index (χ1n) is 7.91. The largest absolute Gasteiger partial charge is 0.460 e. The van der Waals surface area contributed by atoms with Crippen LogP contribution >= 0.6 is 0 Å². The number of hydrogen-bond donors (Lipinski definition) is 1. The summed E-state index contributed by atoms with van der Waals surface area (Å²) < 4.78 is 224. The van der Waals surface area contributed by atoms with Crippen LogP contribution in [0.4, 0.5) is 74.6 Å². The van der Waals surface area contributed by atoms with Gasteiger partial charge in [-0.2, -0.15) is 74.6 Å². The molecule has 0 aliphatic heterocycles. The van der Waals surface area contributed by atoms with Crippen molar-refractivity contribution in [2.45, 2.75) is 67.7 Å². The third-order valence-corrected chi connectivity index (χ3v) is 4.22. The fourth-order valence-corrected chi connectivity index (χ4v) is 2.21. The van der Waals surface area contributed by atoms with Crippen LogP contribution in [0.3, 0.4) is 0 Å². The zero-order valence-corrected chi connectivity index (χ0v) is 15.8. The highest BCUT2D eigenvalue weighted by Crippen LogP contribution is 2.64. The van der Waals surface area contributed by atoms with Crippen molar-refractivity contribution in [3.05, 3.63) is 12.3 Å². The number of hydrogen-bond acceptors (Lipinski definition) is 2. The Morgan fingerprint density at radius 3 is 1.15 bits per heavy atom. The molecule has 0 saturated heterocycles. The van der Waals surface area contributed by atoms with Crippen molar-refractivity contribution in [2.75, 3.05) is 6.54 Å². The summed E-state index contributed by atoms with van der Waals surface area (Å²) in [5.74, 6) is -57.1. The fraction of sp³-hybridized carbons (Fsp3) is 0.857. The van der Waals surface area contributed by atoms with Crippen LogP contribution in [0, 0.1) is 0 Å². The maximum Gasteiger partial charge on any atom is 0.460 e. The number of aliphatic hydroxyl groups excluding tert-OH is 1. The Bertz CT molecular complexity index is 724. The number of nitrogens with zero attached hydrogens (tertiary/aromatic N) is 1. The lowest BCUT2D eigenvalue weighted by atomic mass is 9.88. The lowest BCUT2D eigenvalue weighted by Gasteiger charge is -2.44. The van der Waals surface area contributed by atoms with Crippen molar-refractivity contribution in [3.63, 3.8) is 0 Å². The van der Waals surface area contributed by atoms with E-state index < -0.39 is 66.1 Å². The Labute approximate surface area is 172 Å². The molecule has 33 heavy (non-hydrogen) atoms. The topological polar surface area (TPSA) is 23.5 Å². The van der Waals surface area contributed by atoms with Gasteiger partial charge in [-0.3, -0.25) is 0 Å². The molecule has 0 aliphatic carbocycles. The summed E-state index contributed by atoms with van der Waals surface area (Å²) in [5, 5.41) is 9.12. The van der Waals surface area contributed by atoms with Crippen LogP contribution in [0.2, 0.25) is 0 Å². The van der Waals surface area contributed by atoms with Gasteiger partial charge in [0, 0.05) is 6.54 Å². The summed E-state index contributed by atoms with van der Waals surface area (Å²) >= 11 is 0. The van der Waals surface area contributed by atoms with Gasteiger partial charge in [-0.25, -0.2) is 0 Å². The Morgan fingerprint density at radius 2 is 0.909 bits per heavy atom. The van der Waals surface area contributed by atoms with Gasteiger partial charge in [0.05, 0.1) is 5.70 Å². The third-order valence-electron chi connectivity index (χ3n) is 4.22. The summed E-state index contributed by atoms with van der Waals surface area (Å²) in [4.78, 5) is -0.368. The standard InChI is InChI=1S/C14H12F17NO/c1-4-32(6(3)33)5(2)7(15,16)8(17,18)9(19,20)10(21,22)11(23,24)12(25,26)13(27,28)14(29,30)31/h6,33H,2,4H2,1,3H3. The van der Waals surface area contributed by atoms with Crippen molar-refractivity contribution in [3.8, 4) is 0 Å². The summed E-state index contributed by atoms with van der Waals surface area (Å²) in [6.45, 7) is 2.41. The predicted molar refractivity (Wildman–Crippen MR) is 73.9 cm³/mol. The highest BCUT2D eigenvalue weighted by atomic mass is 19.4. The van der Waals surface area contributed by atoms with E-state index >= 15 is 0 Å². The quantitative estimate of drug-likeness (QED) is 0.268. The minimum Gasteiger partial charge on any atom is -0.374 e. The van der Waals surface area contributed by atoms with E-state index in [9.17, 15) is 74.6 Å². The van der Waals surface area contributed by atoms with Gasteiger partial charge in [0.1, 0.15) is 6.23 Å². The van der Waals surface area contributed by atoms with Crippen LogP contribution in [0.15, 0.2) is 12.3 Å². The number of halogens is 17. The summed E-state index contributed by atoms with van der Waals surface area (Å²) in [7, 11) is 0. The van der Waals surface area contributed by atoms with E-state index in [1.54, 1.807) is 0 Å². The Hall–Kier alpha value is -1.69. The van der Waals surface area contributed by atoms with Gasteiger partial charge < -0.3 is 10.0 Å². The Morgan fingerprint density at radius 1 is 0.636 bits per heavy atom. The van der Waals surface area contributed by atoms with Crippen LogP contribution in [0.1, 0.15) is 13.8 Å². The molecule has 2 nitrogen and oxygen atoms in total. The lowest BCUT2D eigenvalue weighted by Crippen LogP contribution is -2.74. The van der Waals surface area contributed by atoms with Gasteiger partial charge in [-0.05, 0) is 13.8 Å². The van der Waals surface area contributed by atoms with Gasteiger partial charge in [-0.15, -0.1) is 0 Å². The molecule has 0 heterocycles. The molecule has 0 rings (SSSR count). The zero-order chi connectivity index (χ0) is 27.4. The number of alkyl halides is 17. The predicted octanol–water partition coefficient (Wildman–Crippen LogP) is 6.17. The molecular formula is C14H12F17NO. The fourth-order valence-electron chi connectivity index (χ4n) is 2.21. The van der Waals surface area contributed by atoms with Gasteiger partial charge >= 0.3 is 47.6 Å². The molecule has 0 spiro atoms. The van der Waals surface area contributed by atoms with E-state index in [0.29, 0.717) is 6.92 Å². The van der Waals surface area contributed by atoms with Crippen LogP contribution < -0.4 is 0 Å². The molecule has 0 bridgehead atoms. The molecular weight excluding hydrogens is 521 g/mol. The molecule has 0 aromatic carbocycles. The van der Waals surface area contributed by atoms with Crippen LogP contribution in [0.25, 0.3) is 0 Å². The molecule has 1 atom stereocenters. The molecule has 198 valence electrons. The normalized spacial score (nSPS) is 16.6. The van der Waals surface area contributed by atoms with Crippen molar-refractivity contribution in [2.24, 2.45) is 0 Å². The summed E-state index contributed by atoms with van der Waals surface area (Å²) in [6, 6.07) is 0. The van der Waals surface area contributed by atoms with Crippen molar-refractivity contribution >= 4 is 0 Å². The minimum absolute atomic E-state index is 0.368. The molecule has 0 aromatic rings. The monoisotopic (exact) mass is 533 g/mol. The molecule has 0 aromatic heterocycles. The second-order valence-corrected chi connectivity index (χ2v) is 6.38. The van der Waals surface area contributed by atoms with E-state index in [4.69, 9.17) is 5.11 Å². The number of rotatable bonds is 10. The minimum atomic E-state index is -8.68. The van der Waals surface area contributed by atoms with Crippen molar-refractivity contribution in [1.29, 1.82) is 0 Å². The number of allylic oxidation sites excluding steroid dienone is 1. The van der Waals surface area contributed by atoms with E-state index in [0.717, 1.165) is 6.92 Å². The van der Waals surface area contributed by atoms with E-state index in [-0.39, 0.29) is 4.90 Å². The van der Waals surface area contributed by atoms with Crippen molar-refractivity contribution < 1.29 is 79.7 Å². The molecule has 19 heteroatoms. The van der Waals surface area contributed by atoms with Crippen LogP contribution in [0.5, 0.6) is 0 Å². The van der Waals surface area contributed by atoms with Gasteiger partial charge in [0.2, 0.25) is 0 Å². The molecule has 1 unspecified atom stereocenters. The molecule has 0 amide bonds. The average Bonchev–Trinajstić information content (AvgIpc) is 2.59. The lowest BCUT2D eigenvalue weighted by molar-refractivity contribution is -0.460. The molecule has 0 aliphatic rings. The molecule has 0 fully saturated rings. The Kier molecular flexibility index (Phi) is 7.79. The van der Waals surface area contributed by atoms with Crippen LogP contribution in [-0.4, -0.2) is 70.4 Å². The van der Waals surface area contributed by atoms with E-state index in [2.05, 4.69) is 6.58 Å². The maximum absolute atomic E-state index is 14.0. The van der Waals surface area contributed by atoms with E-state index in [1.165, 1.54) is 0 Å². The third kappa shape index (κ3) is 4.06. The summed E-state index contributed by atoms with van der Waals surface area (Å²) in [6.07, 6.45) is -10.1. The second-order valence-electron chi connectivity index (χ2n) is 6.38. The second kappa shape index (κ2) is 8.21. The maximum atomic E-state index is 14.0. The molecule has 1 N–H and O–H groups in total.